The lowest BCUT2D eigenvalue weighted by molar-refractivity contribution is 0.0466. The van der Waals surface area contributed by atoms with Crippen LogP contribution in [0.1, 0.15) is 21.5 Å². The number of methoxy groups -OCH3 is 2. The minimum atomic E-state index is -0.652. The van der Waals surface area contributed by atoms with E-state index in [0.717, 1.165) is 0 Å². The number of fused-ring (bicyclic) bond motifs is 1. The zero-order valence-electron chi connectivity index (χ0n) is 15.1. The number of benzene rings is 2. The van der Waals surface area contributed by atoms with Gasteiger partial charge in [0.15, 0.2) is 0 Å². The predicted octanol–water partition coefficient (Wildman–Crippen LogP) is 3.18. The predicted molar refractivity (Wildman–Crippen MR) is 97.6 cm³/mol. The van der Waals surface area contributed by atoms with E-state index in [4.69, 9.17) is 18.6 Å². The molecule has 0 saturated carbocycles. The van der Waals surface area contributed by atoms with Crippen LogP contribution in [0.5, 0.6) is 17.2 Å². The van der Waals surface area contributed by atoms with Crippen LogP contribution in [-0.4, -0.2) is 25.3 Å². The number of ether oxygens (including phenoxy) is 3. The summed E-state index contributed by atoms with van der Waals surface area (Å²) < 4.78 is 21.0. The molecule has 1 heterocycles. The van der Waals surface area contributed by atoms with Crippen LogP contribution in [0.3, 0.4) is 0 Å². The highest BCUT2D eigenvalue weighted by Crippen LogP contribution is 2.30. The largest absolute Gasteiger partial charge is 0.508 e. The maximum Gasteiger partial charge on any atom is 0.346 e. The van der Waals surface area contributed by atoms with Gasteiger partial charge in [0.25, 0.3) is 0 Å². The van der Waals surface area contributed by atoms with Gasteiger partial charge in [0.05, 0.1) is 14.2 Å². The molecule has 3 aromatic rings. The van der Waals surface area contributed by atoms with Crippen molar-refractivity contribution in [3.63, 3.8) is 0 Å². The van der Waals surface area contributed by atoms with Crippen LogP contribution in [-0.2, 0) is 11.3 Å². The zero-order valence-corrected chi connectivity index (χ0v) is 15.1. The third-order valence-electron chi connectivity index (χ3n) is 4.21. The third kappa shape index (κ3) is 3.44. The first-order valence-electron chi connectivity index (χ1n) is 8.09. The van der Waals surface area contributed by atoms with Crippen molar-refractivity contribution in [3.05, 3.63) is 63.5 Å². The molecule has 1 aromatic heterocycles. The number of phenolic OH excluding ortho intramolecular Hbond substituents is 1. The molecule has 0 spiro atoms. The molecule has 0 aliphatic heterocycles. The second-order valence-electron chi connectivity index (χ2n) is 5.79. The first-order valence-corrected chi connectivity index (χ1v) is 8.09. The molecule has 0 aliphatic rings. The lowest BCUT2D eigenvalue weighted by atomic mass is 10.1. The fourth-order valence-corrected chi connectivity index (χ4v) is 2.80. The molecular weight excluding hydrogens is 352 g/mol. The SMILES string of the molecule is COc1cccc(OC)c1C(=O)OCc1cc(=O)oc2c(C)c(O)ccc12. The number of aromatic hydroxyl groups is 1. The van der Waals surface area contributed by atoms with E-state index in [1.165, 1.54) is 26.4 Å². The third-order valence-corrected chi connectivity index (χ3v) is 4.21. The first-order chi connectivity index (χ1) is 13.0. The molecule has 0 radical (unpaired) electrons. The van der Waals surface area contributed by atoms with Gasteiger partial charge in [-0.15, -0.1) is 0 Å². The quantitative estimate of drug-likeness (QED) is 0.544. The van der Waals surface area contributed by atoms with E-state index in [-0.39, 0.29) is 23.5 Å². The van der Waals surface area contributed by atoms with Crippen LogP contribution in [0.2, 0.25) is 0 Å². The standard InChI is InChI=1S/C20H18O7/c1-11-14(21)8-7-13-12(9-17(22)27-19(11)13)10-26-20(23)18-15(24-2)5-4-6-16(18)25-3/h4-9,21H,10H2,1-3H3. The van der Waals surface area contributed by atoms with Gasteiger partial charge in [-0.3, -0.25) is 0 Å². The Bertz CT molecular complexity index is 1040. The van der Waals surface area contributed by atoms with E-state index in [9.17, 15) is 14.7 Å². The number of phenols is 1. The van der Waals surface area contributed by atoms with Crippen LogP contribution in [0, 0.1) is 6.92 Å². The summed E-state index contributed by atoms with van der Waals surface area (Å²) in [5, 5.41) is 10.4. The van der Waals surface area contributed by atoms with Crippen molar-refractivity contribution in [2.75, 3.05) is 14.2 Å². The summed E-state index contributed by atoms with van der Waals surface area (Å²) in [4.78, 5) is 24.5. The summed E-state index contributed by atoms with van der Waals surface area (Å²) in [7, 11) is 2.88. The summed E-state index contributed by atoms with van der Waals surface area (Å²) in [5.74, 6) is -0.00477. The van der Waals surface area contributed by atoms with Crippen LogP contribution < -0.4 is 15.1 Å². The summed E-state index contributed by atoms with van der Waals surface area (Å²) in [6, 6.07) is 9.29. The number of carbonyl (C=O) groups is 1. The number of hydrogen-bond donors (Lipinski definition) is 1. The second-order valence-corrected chi connectivity index (χ2v) is 5.79. The molecule has 0 fully saturated rings. The molecule has 0 bridgehead atoms. The van der Waals surface area contributed by atoms with Gasteiger partial charge in [-0.2, -0.15) is 0 Å². The summed E-state index contributed by atoms with van der Waals surface area (Å²) in [6.45, 7) is 1.47. The number of rotatable bonds is 5. The fraction of sp³-hybridized carbons (Fsp3) is 0.200. The van der Waals surface area contributed by atoms with Gasteiger partial charge < -0.3 is 23.7 Å². The van der Waals surface area contributed by atoms with Crippen LogP contribution in [0.25, 0.3) is 11.0 Å². The lowest BCUT2D eigenvalue weighted by Gasteiger charge is -2.13. The van der Waals surface area contributed by atoms with Crippen LogP contribution in [0.4, 0.5) is 0 Å². The van der Waals surface area contributed by atoms with E-state index < -0.39 is 11.6 Å². The Morgan fingerprint density at radius 3 is 2.41 bits per heavy atom. The van der Waals surface area contributed by atoms with Gasteiger partial charge in [0.2, 0.25) is 0 Å². The average Bonchev–Trinajstić information content (AvgIpc) is 2.68. The molecule has 0 atom stereocenters. The fourth-order valence-electron chi connectivity index (χ4n) is 2.80. The molecule has 7 heteroatoms. The van der Waals surface area contributed by atoms with Crippen LogP contribution in [0.15, 0.2) is 45.6 Å². The molecule has 0 unspecified atom stereocenters. The van der Waals surface area contributed by atoms with Crippen molar-refractivity contribution in [1.29, 1.82) is 0 Å². The Balaban J connectivity index is 1.95. The molecular formula is C20H18O7. The Morgan fingerprint density at radius 1 is 1.11 bits per heavy atom. The van der Waals surface area contributed by atoms with E-state index in [2.05, 4.69) is 0 Å². The number of aryl methyl sites for hydroxylation is 1. The van der Waals surface area contributed by atoms with E-state index in [1.807, 2.05) is 0 Å². The van der Waals surface area contributed by atoms with Gasteiger partial charge in [-0.05, 0) is 31.2 Å². The smallest absolute Gasteiger partial charge is 0.346 e. The topological polar surface area (TPSA) is 95.2 Å². The Labute approximate surface area is 154 Å². The summed E-state index contributed by atoms with van der Waals surface area (Å²) in [5.41, 5.74) is 0.708. The first kappa shape index (κ1) is 18.3. The Hall–Kier alpha value is -3.48. The maximum absolute atomic E-state index is 12.6. The van der Waals surface area contributed by atoms with Crippen molar-refractivity contribution < 1.29 is 28.5 Å². The highest BCUT2D eigenvalue weighted by atomic mass is 16.5. The molecule has 0 saturated heterocycles. The molecule has 2 aromatic carbocycles. The molecule has 140 valence electrons. The molecule has 0 amide bonds. The van der Waals surface area contributed by atoms with Gasteiger partial charge in [-0.25, -0.2) is 9.59 Å². The zero-order chi connectivity index (χ0) is 19.6. The number of esters is 1. The lowest BCUT2D eigenvalue weighted by Crippen LogP contribution is -2.10. The molecule has 7 nitrogen and oxygen atoms in total. The number of carbonyl (C=O) groups excluding carboxylic acids is 1. The van der Waals surface area contributed by atoms with E-state index >= 15 is 0 Å². The van der Waals surface area contributed by atoms with Crippen molar-refractivity contribution in [3.8, 4) is 17.2 Å². The summed E-state index contributed by atoms with van der Waals surface area (Å²) >= 11 is 0. The van der Waals surface area contributed by atoms with Crippen LogP contribution >= 0.6 is 0 Å². The molecule has 3 rings (SSSR count). The van der Waals surface area contributed by atoms with Gasteiger partial charge in [-0.1, -0.05) is 6.07 Å². The van der Waals surface area contributed by atoms with Crippen molar-refractivity contribution in [1.82, 2.24) is 0 Å². The van der Waals surface area contributed by atoms with Crippen molar-refractivity contribution in [2.45, 2.75) is 13.5 Å². The van der Waals surface area contributed by atoms with Crippen molar-refractivity contribution in [2.24, 2.45) is 0 Å². The summed E-state index contributed by atoms with van der Waals surface area (Å²) in [6.07, 6.45) is 0. The van der Waals surface area contributed by atoms with Gasteiger partial charge in [0.1, 0.15) is 35.0 Å². The second kappa shape index (κ2) is 7.41. The average molecular weight is 370 g/mol. The monoisotopic (exact) mass is 370 g/mol. The van der Waals surface area contributed by atoms with Gasteiger partial charge in [0, 0.05) is 22.6 Å². The van der Waals surface area contributed by atoms with Crippen molar-refractivity contribution >= 4 is 16.9 Å². The molecule has 0 aliphatic carbocycles. The Kier molecular flexibility index (Phi) is 5.03. The highest BCUT2D eigenvalue weighted by molar-refractivity contribution is 5.96. The van der Waals surface area contributed by atoms with Gasteiger partial charge >= 0.3 is 11.6 Å². The molecule has 27 heavy (non-hydrogen) atoms. The minimum absolute atomic E-state index is 0.0125. The minimum Gasteiger partial charge on any atom is -0.508 e. The number of hydrogen-bond acceptors (Lipinski definition) is 7. The highest BCUT2D eigenvalue weighted by Gasteiger charge is 2.20. The van der Waals surface area contributed by atoms with E-state index in [1.54, 1.807) is 31.2 Å². The normalized spacial score (nSPS) is 10.6. The maximum atomic E-state index is 12.6. The molecule has 1 N–H and O–H groups in total. The van der Waals surface area contributed by atoms with E-state index in [0.29, 0.717) is 28.0 Å². The Morgan fingerprint density at radius 2 is 1.78 bits per heavy atom.